The van der Waals surface area contributed by atoms with Crippen molar-refractivity contribution in [3.63, 3.8) is 0 Å². The minimum atomic E-state index is -0.649. The second-order valence-corrected chi connectivity index (χ2v) is 10.9. The number of piperidine rings is 1. The molecule has 2 aliphatic rings. The molecule has 0 spiro atoms. The van der Waals surface area contributed by atoms with Crippen molar-refractivity contribution in [1.29, 1.82) is 0 Å². The molecule has 41 heavy (non-hydrogen) atoms. The summed E-state index contributed by atoms with van der Waals surface area (Å²) in [6, 6.07) is 4.97. The molecule has 12 nitrogen and oxygen atoms in total. The van der Waals surface area contributed by atoms with Gasteiger partial charge in [0.1, 0.15) is 11.0 Å². The molecule has 0 unspecified atom stereocenters. The van der Waals surface area contributed by atoms with Gasteiger partial charge in [0.05, 0.1) is 19.9 Å². The molecular weight excluding hydrogens is 524 g/mol. The monoisotopic (exact) mass is 566 g/mol. The molecule has 2 fully saturated rings. The number of hydrogen-bond donors (Lipinski definition) is 3. The Hall–Kier alpha value is -3.35. The summed E-state index contributed by atoms with van der Waals surface area (Å²) in [5, 5.41) is 20.2. The van der Waals surface area contributed by atoms with Crippen molar-refractivity contribution < 1.29 is 19.4 Å². The van der Waals surface area contributed by atoms with Crippen molar-refractivity contribution in [3.8, 4) is 0 Å². The van der Waals surface area contributed by atoms with Gasteiger partial charge in [-0.05, 0) is 63.2 Å². The minimum absolute atomic E-state index is 0.0104. The quantitative estimate of drug-likeness (QED) is 0.314. The molecule has 2 saturated heterocycles. The second kappa shape index (κ2) is 14.0. The molecule has 5 heterocycles. The van der Waals surface area contributed by atoms with Crippen LogP contribution in [0.25, 0.3) is 11.0 Å². The third kappa shape index (κ3) is 7.30. The first-order valence-corrected chi connectivity index (χ1v) is 14.8. The molecule has 3 N–H and O–H groups in total. The maximum absolute atomic E-state index is 11.8. The van der Waals surface area contributed by atoms with E-state index < -0.39 is 6.09 Å². The number of nitrogens with one attached hydrogen (secondary N) is 2. The van der Waals surface area contributed by atoms with Crippen LogP contribution in [0.3, 0.4) is 0 Å². The molecule has 0 saturated carbocycles. The van der Waals surface area contributed by atoms with Crippen LogP contribution in [0.1, 0.15) is 69.0 Å². The molecule has 1 atom stereocenters. The van der Waals surface area contributed by atoms with E-state index in [1.165, 1.54) is 7.11 Å². The molecule has 3 aromatic rings. The van der Waals surface area contributed by atoms with Crippen LogP contribution in [0.15, 0.2) is 24.5 Å². The lowest BCUT2D eigenvalue weighted by Gasteiger charge is -2.39. The van der Waals surface area contributed by atoms with E-state index in [0.717, 1.165) is 81.6 Å². The predicted octanol–water partition coefficient (Wildman–Crippen LogP) is 3.77. The number of hydrogen-bond acceptors (Lipinski definition) is 10. The van der Waals surface area contributed by atoms with Gasteiger partial charge in [0, 0.05) is 49.7 Å². The molecule has 0 aliphatic carbocycles. The average molecular weight is 567 g/mol. The number of aliphatic hydroxyl groups is 1. The van der Waals surface area contributed by atoms with E-state index in [-0.39, 0.29) is 18.6 Å². The molecule has 0 aromatic carbocycles. The van der Waals surface area contributed by atoms with Crippen molar-refractivity contribution in [2.75, 3.05) is 50.7 Å². The van der Waals surface area contributed by atoms with Crippen LogP contribution >= 0.6 is 0 Å². The van der Waals surface area contributed by atoms with Crippen molar-refractivity contribution in [2.45, 2.75) is 76.4 Å². The zero-order valence-electron chi connectivity index (χ0n) is 24.1. The van der Waals surface area contributed by atoms with Gasteiger partial charge in [-0.15, -0.1) is 0 Å². The van der Waals surface area contributed by atoms with Crippen LogP contribution in [0.4, 0.5) is 16.6 Å². The van der Waals surface area contributed by atoms with Crippen LogP contribution in [-0.2, 0) is 16.0 Å². The van der Waals surface area contributed by atoms with Gasteiger partial charge in [0.15, 0.2) is 5.82 Å². The van der Waals surface area contributed by atoms with Crippen molar-refractivity contribution in [1.82, 2.24) is 29.6 Å². The summed E-state index contributed by atoms with van der Waals surface area (Å²) in [4.78, 5) is 28.4. The highest BCUT2D eigenvalue weighted by atomic mass is 16.5. The first-order chi connectivity index (χ1) is 20.1. The Kier molecular flexibility index (Phi) is 9.97. The lowest BCUT2D eigenvalue weighted by Crippen LogP contribution is -2.43. The Balaban J connectivity index is 1.31. The van der Waals surface area contributed by atoms with Gasteiger partial charge in [-0.25, -0.2) is 9.78 Å². The Morgan fingerprint density at radius 3 is 2.63 bits per heavy atom. The SMILES string of the molecule is CCC[C@@H](CCO)Nc1nc(NC(=O)OC)nc2cnn(Cc3ccc(C4CCN(C5CCOCC5)CC4)nc3)c12. The molecule has 0 bridgehead atoms. The van der Waals surface area contributed by atoms with Gasteiger partial charge in [0.2, 0.25) is 5.95 Å². The van der Waals surface area contributed by atoms with Gasteiger partial charge >= 0.3 is 6.09 Å². The average Bonchev–Trinajstić information content (AvgIpc) is 3.41. The molecule has 12 heteroatoms. The van der Waals surface area contributed by atoms with E-state index in [1.807, 2.05) is 10.9 Å². The number of fused-ring (bicyclic) bond motifs is 1. The van der Waals surface area contributed by atoms with Crippen LogP contribution in [0.2, 0.25) is 0 Å². The smallest absolute Gasteiger partial charge is 0.413 e. The highest BCUT2D eigenvalue weighted by Gasteiger charge is 2.27. The largest absolute Gasteiger partial charge is 0.453 e. The van der Waals surface area contributed by atoms with E-state index in [1.54, 1.807) is 6.20 Å². The van der Waals surface area contributed by atoms with Crippen LogP contribution in [0.5, 0.6) is 0 Å². The van der Waals surface area contributed by atoms with Crippen molar-refractivity contribution in [2.24, 2.45) is 0 Å². The van der Waals surface area contributed by atoms with Crippen molar-refractivity contribution in [3.05, 3.63) is 35.8 Å². The van der Waals surface area contributed by atoms with Gasteiger partial charge in [0.25, 0.3) is 0 Å². The number of aliphatic hydroxyl groups excluding tert-OH is 1. The number of likely N-dealkylation sites (tertiary alicyclic amines) is 1. The summed E-state index contributed by atoms with van der Waals surface area (Å²) >= 11 is 0. The maximum atomic E-state index is 11.8. The van der Waals surface area contributed by atoms with E-state index >= 15 is 0 Å². The van der Waals surface area contributed by atoms with E-state index in [0.29, 0.717) is 36.3 Å². The number of anilines is 2. The van der Waals surface area contributed by atoms with E-state index in [2.05, 4.69) is 49.7 Å². The fourth-order valence-electron chi connectivity index (χ4n) is 5.96. The molecule has 1 amide bonds. The van der Waals surface area contributed by atoms with Gasteiger partial charge < -0.3 is 24.8 Å². The summed E-state index contributed by atoms with van der Waals surface area (Å²) < 4.78 is 12.1. The molecular formula is C29H42N8O4. The van der Waals surface area contributed by atoms with Gasteiger partial charge in [-0.3, -0.25) is 15.0 Å². The van der Waals surface area contributed by atoms with E-state index in [4.69, 9.17) is 14.5 Å². The van der Waals surface area contributed by atoms with Crippen LogP contribution in [0, 0.1) is 0 Å². The molecule has 0 radical (unpaired) electrons. The van der Waals surface area contributed by atoms with Crippen LogP contribution in [-0.4, -0.2) is 92.9 Å². The number of carbonyl (C=O) groups is 1. The van der Waals surface area contributed by atoms with Crippen LogP contribution < -0.4 is 10.6 Å². The Morgan fingerprint density at radius 1 is 1.15 bits per heavy atom. The lowest BCUT2D eigenvalue weighted by molar-refractivity contribution is 0.0250. The summed E-state index contributed by atoms with van der Waals surface area (Å²) in [5.74, 6) is 1.16. The third-order valence-corrected chi connectivity index (χ3v) is 8.18. The van der Waals surface area contributed by atoms with Gasteiger partial charge in [-0.2, -0.15) is 10.1 Å². The van der Waals surface area contributed by atoms with Crippen molar-refractivity contribution >= 4 is 28.9 Å². The fraction of sp³-hybridized carbons (Fsp3) is 0.621. The predicted molar refractivity (Wildman–Crippen MR) is 156 cm³/mol. The number of carbonyl (C=O) groups excluding carboxylic acids is 1. The summed E-state index contributed by atoms with van der Waals surface area (Å²) in [6.07, 6.45) is 9.90. The minimum Gasteiger partial charge on any atom is -0.453 e. The Morgan fingerprint density at radius 2 is 1.95 bits per heavy atom. The van der Waals surface area contributed by atoms with E-state index in [9.17, 15) is 9.90 Å². The third-order valence-electron chi connectivity index (χ3n) is 8.18. The topological polar surface area (TPSA) is 140 Å². The summed E-state index contributed by atoms with van der Waals surface area (Å²) in [5.41, 5.74) is 3.50. The lowest BCUT2D eigenvalue weighted by atomic mass is 9.91. The number of methoxy groups -OCH3 is 1. The zero-order chi connectivity index (χ0) is 28.6. The second-order valence-electron chi connectivity index (χ2n) is 10.9. The maximum Gasteiger partial charge on any atom is 0.413 e. The number of pyridine rings is 1. The standard InChI is InChI=1S/C29H42N8O4/c1-3-4-22(9-14-38)32-27-26-25(33-28(34-27)35-29(39)40-2)18-31-37(26)19-20-5-6-24(30-17-20)21-7-12-36(13-8-21)23-10-15-41-16-11-23/h5-6,17-18,21-23,38H,3-4,7-16,19H2,1-2H3,(H2,32,33,34,35,39)/t22-/m0/s1. The number of aromatic nitrogens is 5. The summed E-state index contributed by atoms with van der Waals surface area (Å²) in [7, 11) is 1.29. The number of amides is 1. The zero-order valence-corrected chi connectivity index (χ0v) is 24.1. The molecule has 2 aliphatic heterocycles. The highest BCUT2D eigenvalue weighted by molar-refractivity contribution is 5.89. The number of nitrogens with zero attached hydrogens (tertiary/aromatic N) is 6. The normalized spacial score (nSPS) is 17.9. The number of rotatable bonds is 11. The highest BCUT2D eigenvalue weighted by Crippen LogP contribution is 2.30. The number of ether oxygens (including phenoxy) is 2. The Labute approximate surface area is 240 Å². The Bertz CT molecular complexity index is 1260. The summed E-state index contributed by atoms with van der Waals surface area (Å²) in [6.45, 7) is 6.67. The molecule has 5 rings (SSSR count). The molecule has 3 aromatic heterocycles. The van der Waals surface area contributed by atoms with Gasteiger partial charge in [-0.1, -0.05) is 19.4 Å². The first-order valence-electron chi connectivity index (χ1n) is 14.8. The first kappa shape index (κ1) is 29.2. The molecule has 222 valence electrons. The fourth-order valence-corrected chi connectivity index (χ4v) is 5.96.